The van der Waals surface area contributed by atoms with Gasteiger partial charge in [0.05, 0.1) is 0 Å². The summed E-state index contributed by atoms with van der Waals surface area (Å²) in [5.74, 6) is -0.935. The first kappa shape index (κ1) is 70.6. The molecule has 0 saturated carbocycles. The van der Waals surface area contributed by atoms with Crippen LogP contribution in [0.15, 0.2) is 85.1 Å². The van der Waals surface area contributed by atoms with Gasteiger partial charge in [-0.3, -0.25) is 14.4 Å². The minimum Gasteiger partial charge on any atom is -0.462 e. The first-order valence-electron chi connectivity index (χ1n) is 31.6. The molecular weight excluding hydrogens is 913 g/mol. The molecule has 0 amide bonds. The van der Waals surface area contributed by atoms with Crippen molar-refractivity contribution in [1.82, 2.24) is 0 Å². The van der Waals surface area contributed by atoms with Crippen LogP contribution in [0.5, 0.6) is 0 Å². The molecule has 0 saturated heterocycles. The molecule has 6 nitrogen and oxygen atoms in total. The van der Waals surface area contributed by atoms with Crippen LogP contribution in [0.1, 0.15) is 310 Å². The maximum Gasteiger partial charge on any atom is 0.306 e. The van der Waals surface area contributed by atoms with E-state index in [1.54, 1.807) is 0 Å². The fraction of sp³-hybridized carbons (Fsp3) is 0.750. The molecule has 0 rings (SSSR count). The van der Waals surface area contributed by atoms with Crippen molar-refractivity contribution >= 4 is 17.9 Å². The van der Waals surface area contributed by atoms with E-state index in [-0.39, 0.29) is 37.5 Å². The maximum absolute atomic E-state index is 12.9. The van der Waals surface area contributed by atoms with Crippen LogP contribution in [0.25, 0.3) is 0 Å². The van der Waals surface area contributed by atoms with E-state index < -0.39 is 6.10 Å². The van der Waals surface area contributed by atoms with Crippen LogP contribution in [0, 0.1) is 0 Å². The maximum atomic E-state index is 12.9. The number of carbonyl (C=O) groups is 3. The van der Waals surface area contributed by atoms with E-state index in [1.807, 2.05) is 0 Å². The topological polar surface area (TPSA) is 78.9 Å². The number of unbranched alkanes of at least 4 members (excludes halogenated alkanes) is 32. The average molecular weight is 1030 g/mol. The highest BCUT2D eigenvalue weighted by Gasteiger charge is 2.19. The van der Waals surface area contributed by atoms with Crippen molar-refractivity contribution in [2.75, 3.05) is 13.2 Å². The monoisotopic (exact) mass is 1030 g/mol. The fourth-order valence-corrected chi connectivity index (χ4v) is 8.91. The Morgan fingerprint density at radius 2 is 0.527 bits per heavy atom. The molecule has 6 heteroatoms. The molecule has 0 fully saturated rings. The lowest BCUT2D eigenvalue weighted by atomic mass is 10.0. The fourth-order valence-electron chi connectivity index (χ4n) is 8.91. The number of ether oxygens (including phenoxy) is 3. The predicted molar refractivity (Wildman–Crippen MR) is 321 cm³/mol. The Morgan fingerprint density at radius 3 is 0.878 bits per heavy atom. The van der Waals surface area contributed by atoms with Crippen molar-refractivity contribution in [2.24, 2.45) is 0 Å². The van der Waals surface area contributed by atoms with Crippen LogP contribution in [0.4, 0.5) is 0 Å². The van der Waals surface area contributed by atoms with Crippen LogP contribution in [0.2, 0.25) is 0 Å². The third kappa shape index (κ3) is 59.5. The summed E-state index contributed by atoms with van der Waals surface area (Å²) in [7, 11) is 0. The lowest BCUT2D eigenvalue weighted by Gasteiger charge is -2.18. The van der Waals surface area contributed by atoms with E-state index in [2.05, 4.69) is 106 Å². The van der Waals surface area contributed by atoms with Gasteiger partial charge < -0.3 is 14.2 Å². The number of esters is 3. The molecule has 426 valence electrons. The summed E-state index contributed by atoms with van der Waals surface area (Å²) >= 11 is 0. The van der Waals surface area contributed by atoms with E-state index in [1.165, 1.54) is 167 Å². The molecule has 0 aromatic rings. The van der Waals surface area contributed by atoms with Gasteiger partial charge in [-0.05, 0) is 96.3 Å². The van der Waals surface area contributed by atoms with Gasteiger partial charge in [-0.1, -0.05) is 279 Å². The summed E-state index contributed by atoms with van der Waals surface area (Å²) in [6.45, 7) is 6.50. The van der Waals surface area contributed by atoms with E-state index in [4.69, 9.17) is 14.2 Å². The summed E-state index contributed by atoms with van der Waals surface area (Å²) in [5.41, 5.74) is 0. The molecule has 0 aliphatic rings. The van der Waals surface area contributed by atoms with Gasteiger partial charge in [-0.2, -0.15) is 0 Å². The van der Waals surface area contributed by atoms with Gasteiger partial charge in [-0.25, -0.2) is 0 Å². The van der Waals surface area contributed by atoms with E-state index in [9.17, 15) is 14.4 Å². The van der Waals surface area contributed by atoms with Crippen molar-refractivity contribution in [2.45, 2.75) is 316 Å². The van der Waals surface area contributed by atoms with Crippen molar-refractivity contribution in [3.05, 3.63) is 85.1 Å². The van der Waals surface area contributed by atoms with Crippen LogP contribution in [0.3, 0.4) is 0 Å². The summed E-state index contributed by atoms with van der Waals surface area (Å²) < 4.78 is 16.9. The largest absolute Gasteiger partial charge is 0.462 e. The predicted octanol–water partition coefficient (Wildman–Crippen LogP) is 21.5. The second-order valence-corrected chi connectivity index (χ2v) is 20.9. The third-order valence-electron chi connectivity index (χ3n) is 13.6. The van der Waals surface area contributed by atoms with Crippen molar-refractivity contribution in [1.29, 1.82) is 0 Å². The zero-order valence-electron chi connectivity index (χ0n) is 48.8. The molecule has 0 bridgehead atoms. The zero-order chi connectivity index (χ0) is 53.6. The minimum atomic E-state index is -0.803. The zero-order valence-corrected chi connectivity index (χ0v) is 48.8. The third-order valence-corrected chi connectivity index (χ3v) is 13.6. The van der Waals surface area contributed by atoms with Gasteiger partial charge in [0, 0.05) is 19.3 Å². The van der Waals surface area contributed by atoms with Crippen LogP contribution >= 0.6 is 0 Å². The second kappa shape index (κ2) is 62.1. The van der Waals surface area contributed by atoms with Crippen LogP contribution in [-0.2, 0) is 28.6 Å². The Balaban J connectivity index is 4.39. The number of hydrogen-bond acceptors (Lipinski definition) is 6. The molecule has 74 heavy (non-hydrogen) atoms. The van der Waals surface area contributed by atoms with Crippen molar-refractivity contribution < 1.29 is 28.6 Å². The molecule has 1 atom stereocenters. The van der Waals surface area contributed by atoms with Crippen molar-refractivity contribution in [3.8, 4) is 0 Å². The van der Waals surface area contributed by atoms with E-state index >= 15 is 0 Å². The lowest BCUT2D eigenvalue weighted by Crippen LogP contribution is -2.30. The number of rotatable bonds is 57. The first-order chi connectivity index (χ1) is 36.5. The average Bonchev–Trinajstić information content (AvgIpc) is 3.40. The Bertz CT molecular complexity index is 1420. The molecule has 1 unspecified atom stereocenters. The Kier molecular flexibility index (Phi) is 59.3. The van der Waals surface area contributed by atoms with E-state index in [0.29, 0.717) is 19.3 Å². The summed E-state index contributed by atoms with van der Waals surface area (Å²) in [6, 6.07) is 0. The van der Waals surface area contributed by atoms with Gasteiger partial charge in [-0.15, -0.1) is 0 Å². The first-order valence-corrected chi connectivity index (χ1v) is 31.6. The van der Waals surface area contributed by atoms with Crippen LogP contribution < -0.4 is 0 Å². The van der Waals surface area contributed by atoms with Crippen LogP contribution in [-0.4, -0.2) is 37.2 Å². The second-order valence-electron chi connectivity index (χ2n) is 20.9. The van der Waals surface area contributed by atoms with Gasteiger partial charge >= 0.3 is 17.9 Å². The lowest BCUT2D eigenvalue weighted by molar-refractivity contribution is -0.167. The van der Waals surface area contributed by atoms with Gasteiger partial charge in [0.1, 0.15) is 13.2 Å². The smallest absolute Gasteiger partial charge is 0.306 e. The highest BCUT2D eigenvalue weighted by molar-refractivity contribution is 5.71. The SMILES string of the molecule is CC/C=C\C/C=C\C/C=C\C/C=C\C/C=C\C/C=C\CCCCC(=O)OC(COC(=O)CCCCCCC/C=C\CCCCCC)COC(=O)CCCCCCCCCCCCCCCCCCCCCCCC. The number of allylic oxidation sites excluding steroid dienone is 14. The molecule has 0 radical (unpaired) electrons. The summed E-state index contributed by atoms with van der Waals surface area (Å²) in [4.78, 5) is 38.3. The Morgan fingerprint density at radius 1 is 0.284 bits per heavy atom. The molecule has 0 N–H and O–H groups in total. The number of carbonyl (C=O) groups excluding carboxylic acids is 3. The minimum absolute atomic E-state index is 0.0944. The number of hydrogen-bond donors (Lipinski definition) is 0. The molecule has 0 spiro atoms. The molecule has 0 heterocycles. The Hall–Kier alpha value is -3.41. The summed E-state index contributed by atoms with van der Waals surface area (Å²) in [6.07, 6.45) is 81.6. The molecule has 0 aliphatic heterocycles. The quantitative estimate of drug-likeness (QED) is 0.0261. The van der Waals surface area contributed by atoms with Gasteiger partial charge in [0.2, 0.25) is 0 Å². The molecular formula is C68H118O6. The van der Waals surface area contributed by atoms with E-state index in [0.717, 1.165) is 96.3 Å². The van der Waals surface area contributed by atoms with Crippen molar-refractivity contribution in [3.63, 3.8) is 0 Å². The highest BCUT2D eigenvalue weighted by atomic mass is 16.6. The highest BCUT2D eigenvalue weighted by Crippen LogP contribution is 2.17. The standard InChI is InChI=1S/C68H118O6/c1-4-7-10-13-16-19-22-25-27-29-31-33-35-36-38-40-43-46-49-52-55-58-61-67(70)73-64-65(63-72-66(69)60-57-54-51-48-45-42-24-21-18-15-12-9-6-3)74-68(71)62-59-56-53-50-47-44-41-39-37-34-32-30-28-26-23-20-17-14-11-8-5-2/h8,11,17,20-21,24,26,28,32,34,39,41,47,50,65H,4-7,9-10,12-16,18-19,22-23,25,27,29-31,33,35-38,40,42-46,48-49,51-64H2,1-3H3/b11-8-,20-17-,24-21-,28-26-,34-32-,41-39-,50-47-. The summed E-state index contributed by atoms with van der Waals surface area (Å²) in [5, 5.41) is 0. The van der Waals surface area contributed by atoms with Gasteiger partial charge in [0.15, 0.2) is 6.10 Å². The molecule has 0 aromatic heterocycles. The molecule has 0 aliphatic carbocycles. The van der Waals surface area contributed by atoms with Gasteiger partial charge in [0.25, 0.3) is 0 Å². The molecule has 0 aromatic carbocycles. The Labute approximate surface area is 458 Å². The normalized spacial score (nSPS) is 12.6.